The number of benzene rings is 1. The van der Waals surface area contributed by atoms with E-state index < -0.39 is 0 Å². The average Bonchev–Trinajstić information content (AvgIpc) is 2.70. The Kier molecular flexibility index (Phi) is 4.34. The number of aryl methyl sites for hydroxylation is 1. The number of amides is 1. The summed E-state index contributed by atoms with van der Waals surface area (Å²) >= 11 is 9.69. The predicted molar refractivity (Wildman–Crippen MR) is 87.0 cm³/mol. The smallest absolute Gasteiger partial charge is 0.265 e. The number of anilines is 1. The Labute approximate surface area is 129 Å². The fourth-order valence-corrected chi connectivity index (χ4v) is 3.05. The molecule has 0 saturated heterocycles. The van der Waals surface area contributed by atoms with Gasteiger partial charge in [0.05, 0.1) is 8.66 Å². The number of thiocarbonyl (C=S) groups is 1. The monoisotopic (exact) mass is 354 g/mol. The van der Waals surface area contributed by atoms with Crippen LogP contribution in [-0.4, -0.2) is 10.9 Å². The number of halogens is 1. The molecule has 0 unspecified atom stereocenters. The molecule has 0 atom stereocenters. The zero-order valence-electron chi connectivity index (χ0n) is 10.1. The minimum absolute atomic E-state index is 0.123. The molecule has 0 aliphatic rings. The quantitative estimate of drug-likeness (QED) is 0.826. The molecule has 1 aromatic heterocycles. The van der Waals surface area contributed by atoms with Crippen LogP contribution < -0.4 is 11.1 Å². The minimum atomic E-state index is -0.123. The van der Waals surface area contributed by atoms with Gasteiger partial charge in [0, 0.05) is 11.3 Å². The first kappa shape index (κ1) is 14.2. The number of carbonyl (C=O) groups excluding carboxylic acids is 1. The Morgan fingerprint density at radius 2 is 2.00 bits per heavy atom. The van der Waals surface area contributed by atoms with Crippen molar-refractivity contribution in [3.63, 3.8) is 0 Å². The van der Waals surface area contributed by atoms with Gasteiger partial charge >= 0.3 is 0 Å². The van der Waals surface area contributed by atoms with Crippen molar-refractivity contribution in [2.45, 2.75) is 6.92 Å². The van der Waals surface area contributed by atoms with Crippen molar-refractivity contribution in [2.75, 3.05) is 5.32 Å². The Bertz CT molecular complexity index is 615. The molecular weight excluding hydrogens is 344 g/mol. The second-order valence-electron chi connectivity index (χ2n) is 3.96. The first-order valence-corrected chi connectivity index (χ1v) is 7.46. The lowest BCUT2D eigenvalue weighted by atomic mass is 10.2. The average molecular weight is 355 g/mol. The van der Waals surface area contributed by atoms with Gasteiger partial charge < -0.3 is 11.1 Å². The zero-order valence-corrected chi connectivity index (χ0v) is 13.3. The molecule has 0 radical (unpaired) electrons. The molecule has 0 fully saturated rings. The lowest BCUT2D eigenvalue weighted by molar-refractivity contribution is 0.103. The van der Waals surface area contributed by atoms with Crippen LogP contribution >= 0.6 is 39.5 Å². The van der Waals surface area contributed by atoms with Crippen molar-refractivity contribution in [3.05, 3.63) is 50.1 Å². The first-order chi connectivity index (χ1) is 8.97. The molecule has 1 amide bonds. The van der Waals surface area contributed by atoms with Gasteiger partial charge in [-0.15, -0.1) is 11.3 Å². The van der Waals surface area contributed by atoms with Crippen LogP contribution in [0.2, 0.25) is 0 Å². The van der Waals surface area contributed by atoms with Crippen LogP contribution in [0.1, 0.15) is 20.8 Å². The third kappa shape index (κ3) is 3.40. The molecular formula is C13H11BrN2OS2. The molecule has 6 heteroatoms. The van der Waals surface area contributed by atoms with E-state index >= 15 is 0 Å². The third-order valence-corrected chi connectivity index (χ3v) is 4.88. The largest absolute Gasteiger partial charge is 0.389 e. The van der Waals surface area contributed by atoms with Crippen LogP contribution in [0.25, 0.3) is 0 Å². The summed E-state index contributed by atoms with van der Waals surface area (Å²) in [5.41, 5.74) is 8.07. The summed E-state index contributed by atoms with van der Waals surface area (Å²) in [5.74, 6) is -0.123. The minimum Gasteiger partial charge on any atom is -0.389 e. The molecule has 1 aromatic carbocycles. The number of rotatable bonds is 3. The van der Waals surface area contributed by atoms with Crippen LogP contribution in [-0.2, 0) is 0 Å². The Balaban J connectivity index is 2.12. The fraction of sp³-hybridized carbons (Fsp3) is 0.0769. The van der Waals surface area contributed by atoms with Crippen molar-refractivity contribution in [3.8, 4) is 0 Å². The van der Waals surface area contributed by atoms with E-state index in [1.54, 1.807) is 24.3 Å². The van der Waals surface area contributed by atoms with Gasteiger partial charge in [0.1, 0.15) is 4.99 Å². The van der Waals surface area contributed by atoms with Gasteiger partial charge in [0.15, 0.2) is 0 Å². The van der Waals surface area contributed by atoms with Gasteiger partial charge in [0.2, 0.25) is 0 Å². The second kappa shape index (κ2) is 5.81. The van der Waals surface area contributed by atoms with Crippen LogP contribution in [0.3, 0.4) is 0 Å². The lowest BCUT2D eigenvalue weighted by Crippen LogP contribution is -2.11. The van der Waals surface area contributed by atoms with Gasteiger partial charge in [-0.25, -0.2) is 0 Å². The SMILES string of the molecule is Cc1cc(C(=O)Nc2ccc(C(N)=S)cc2)sc1Br. The summed E-state index contributed by atoms with van der Waals surface area (Å²) < 4.78 is 0.974. The Morgan fingerprint density at radius 1 is 1.37 bits per heavy atom. The first-order valence-electron chi connectivity index (χ1n) is 5.44. The maximum atomic E-state index is 12.0. The normalized spacial score (nSPS) is 10.2. The molecule has 0 aliphatic heterocycles. The highest BCUT2D eigenvalue weighted by Gasteiger charge is 2.11. The van der Waals surface area contributed by atoms with Crippen molar-refractivity contribution in [1.82, 2.24) is 0 Å². The zero-order chi connectivity index (χ0) is 14.0. The van der Waals surface area contributed by atoms with Crippen molar-refractivity contribution >= 4 is 56.1 Å². The van der Waals surface area contributed by atoms with Gasteiger partial charge in [-0.1, -0.05) is 12.2 Å². The van der Waals surface area contributed by atoms with E-state index in [1.165, 1.54) is 11.3 Å². The van der Waals surface area contributed by atoms with E-state index in [-0.39, 0.29) is 5.91 Å². The van der Waals surface area contributed by atoms with Gasteiger partial charge in [-0.3, -0.25) is 4.79 Å². The van der Waals surface area contributed by atoms with Crippen LogP contribution in [0.5, 0.6) is 0 Å². The third-order valence-electron chi connectivity index (χ3n) is 2.51. The summed E-state index contributed by atoms with van der Waals surface area (Å²) in [5, 5.41) is 2.83. The molecule has 0 aliphatic carbocycles. The molecule has 19 heavy (non-hydrogen) atoms. The summed E-state index contributed by atoms with van der Waals surface area (Å²) in [6.07, 6.45) is 0. The van der Waals surface area contributed by atoms with E-state index in [1.807, 2.05) is 13.0 Å². The van der Waals surface area contributed by atoms with Crippen molar-refractivity contribution in [1.29, 1.82) is 0 Å². The highest BCUT2D eigenvalue weighted by molar-refractivity contribution is 9.11. The fourth-order valence-electron chi connectivity index (χ4n) is 1.48. The molecule has 3 nitrogen and oxygen atoms in total. The Morgan fingerprint density at radius 3 is 2.47 bits per heavy atom. The molecule has 2 aromatic rings. The summed E-state index contributed by atoms with van der Waals surface area (Å²) in [6, 6.07) is 8.98. The highest BCUT2D eigenvalue weighted by atomic mass is 79.9. The van der Waals surface area contributed by atoms with E-state index in [4.69, 9.17) is 18.0 Å². The molecule has 98 valence electrons. The topological polar surface area (TPSA) is 55.1 Å². The molecule has 3 N–H and O–H groups in total. The summed E-state index contributed by atoms with van der Waals surface area (Å²) in [4.78, 5) is 13.0. The Hall–Kier alpha value is -1.24. The van der Waals surface area contributed by atoms with Gasteiger partial charge in [0.25, 0.3) is 5.91 Å². The van der Waals surface area contributed by atoms with E-state index in [9.17, 15) is 4.79 Å². The van der Waals surface area contributed by atoms with E-state index in [2.05, 4.69) is 21.2 Å². The maximum Gasteiger partial charge on any atom is 0.265 e. The van der Waals surface area contributed by atoms with Crippen LogP contribution in [0.15, 0.2) is 34.1 Å². The second-order valence-corrected chi connectivity index (χ2v) is 6.77. The highest BCUT2D eigenvalue weighted by Crippen LogP contribution is 2.27. The number of carbonyl (C=O) groups is 1. The van der Waals surface area contributed by atoms with Gasteiger partial charge in [-0.2, -0.15) is 0 Å². The number of nitrogens with two attached hydrogens (primary N) is 1. The van der Waals surface area contributed by atoms with Crippen molar-refractivity contribution < 1.29 is 4.79 Å². The molecule has 0 bridgehead atoms. The number of hydrogen-bond donors (Lipinski definition) is 2. The van der Waals surface area contributed by atoms with E-state index in [0.717, 1.165) is 14.9 Å². The summed E-state index contributed by atoms with van der Waals surface area (Å²) in [6.45, 7) is 1.95. The molecule has 0 spiro atoms. The lowest BCUT2D eigenvalue weighted by Gasteiger charge is -2.04. The maximum absolute atomic E-state index is 12.0. The van der Waals surface area contributed by atoms with Crippen molar-refractivity contribution in [2.24, 2.45) is 5.73 Å². The van der Waals surface area contributed by atoms with E-state index in [0.29, 0.717) is 15.6 Å². The number of hydrogen-bond acceptors (Lipinski definition) is 3. The van der Waals surface area contributed by atoms with Crippen LogP contribution in [0.4, 0.5) is 5.69 Å². The molecule has 2 rings (SSSR count). The van der Waals surface area contributed by atoms with Crippen LogP contribution in [0, 0.1) is 6.92 Å². The molecule has 1 heterocycles. The van der Waals surface area contributed by atoms with Gasteiger partial charge in [-0.05, 0) is 58.7 Å². The molecule has 0 saturated carbocycles. The predicted octanol–water partition coefficient (Wildman–Crippen LogP) is 3.71. The number of thiophene rings is 1. The summed E-state index contributed by atoms with van der Waals surface area (Å²) in [7, 11) is 0. The number of nitrogens with one attached hydrogen (secondary N) is 1. The standard InChI is InChI=1S/C13H11BrN2OS2/c1-7-6-10(19-11(7)14)13(17)16-9-4-2-8(3-5-9)12(15)18/h2-6H,1H3,(H2,15,18)(H,16,17).